The molecule has 0 saturated carbocycles. The van der Waals surface area contributed by atoms with Gasteiger partial charge in [-0.05, 0) is 24.3 Å². The Bertz CT molecular complexity index is 979. The van der Waals surface area contributed by atoms with Crippen LogP contribution in [0, 0.1) is 0 Å². The summed E-state index contributed by atoms with van der Waals surface area (Å²) in [7, 11) is 1.54. The molecule has 126 valence electrons. The Morgan fingerprint density at radius 2 is 2.00 bits per heavy atom. The molecule has 7 heteroatoms. The van der Waals surface area contributed by atoms with Gasteiger partial charge in [0.1, 0.15) is 11.8 Å². The maximum absolute atomic E-state index is 12.5. The average Bonchev–Trinajstić information content (AvgIpc) is 3.11. The Labute approximate surface area is 143 Å². The summed E-state index contributed by atoms with van der Waals surface area (Å²) in [6, 6.07) is 14.0. The van der Waals surface area contributed by atoms with Crippen molar-refractivity contribution in [2.75, 3.05) is 17.7 Å². The lowest BCUT2D eigenvalue weighted by molar-refractivity contribution is -0.123. The number of benzene rings is 2. The molecule has 1 aliphatic rings. The highest BCUT2D eigenvalue weighted by molar-refractivity contribution is 6.03. The van der Waals surface area contributed by atoms with Crippen molar-refractivity contribution in [2.24, 2.45) is 0 Å². The van der Waals surface area contributed by atoms with Gasteiger partial charge in [0, 0.05) is 0 Å². The first-order chi connectivity index (χ1) is 12.2. The molecule has 2 aromatic carbocycles. The van der Waals surface area contributed by atoms with E-state index in [2.05, 4.69) is 15.6 Å². The van der Waals surface area contributed by atoms with Gasteiger partial charge in [-0.25, -0.2) is 4.98 Å². The molecule has 2 amide bonds. The second kappa shape index (κ2) is 5.94. The van der Waals surface area contributed by atoms with Crippen molar-refractivity contribution in [3.63, 3.8) is 0 Å². The van der Waals surface area contributed by atoms with Crippen molar-refractivity contribution < 1.29 is 14.3 Å². The molecule has 0 spiro atoms. The SMILES string of the molecule is COc1ccccc1NC(=O)C[C@H]1C(=O)Nc2nc3ccccc3n21. The number of imidazole rings is 1. The van der Waals surface area contributed by atoms with Gasteiger partial charge < -0.3 is 10.1 Å². The van der Waals surface area contributed by atoms with Crippen molar-refractivity contribution >= 4 is 34.5 Å². The van der Waals surface area contributed by atoms with Gasteiger partial charge in [0.05, 0.1) is 30.3 Å². The summed E-state index contributed by atoms with van der Waals surface area (Å²) in [5.74, 6) is 0.542. The molecule has 25 heavy (non-hydrogen) atoms. The fraction of sp³-hybridized carbons (Fsp3) is 0.167. The van der Waals surface area contributed by atoms with Crippen molar-refractivity contribution in [1.29, 1.82) is 0 Å². The number of amides is 2. The fourth-order valence-electron chi connectivity index (χ4n) is 3.07. The summed E-state index contributed by atoms with van der Waals surface area (Å²) in [5, 5.41) is 5.54. The molecule has 0 unspecified atom stereocenters. The van der Waals surface area contributed by atoms with Crippen LogP contribution in [0.15, 0.2) is 48.5 Å². The van der Waals surface area contributed by atoms with Crippen molar-refractivity contribution in [3.05, 3.63) is 48.5 Å². The first-order valence-electron chi connectivity index (χ1n) is 7.88. The smallest absolute Gasteiger partial charge is 0.250 e. The van der Waals surface area contributed by atoms with Crippen LogP contribution in [-0.4, -0.2) is 28.5 Å². The van der Waals surface area contributed by atoms with E-state index in [0.717, 1.165) is 11.0 Å². The number of hydrogen-bond donors (Lipinski definition) is 2. The quantitative estimate of drug-likeness (QED) is 0.767. The topological polar surface area (TPSA) is 85.2 Å². The van der Waals surface area contributed by atoms with Gasteiger partial charge >= 0.3 is 0 Å². The van der Waals surface area contributed by atoms with Crippen LogP contribution < -0.4 is 15.4 Å². The summed E-state index contributed by atoms with van der Waals surface area (Å²) in [6.45, 7) is 0. The molecule has 0 saturated heterocycles. The lowest BCUT2D eigenvalue weighted by Gasteiger charge is -2.13. The van der Waals surface area contributed by atoms with E-state index in [0.29, 0.717) is 17.4 Å². The Morgan fingerprint density at radius 3 is 2.84 bits per heavy atom. The summed E-state index contributed by atoms with van der Waals surface area (Å²) >= 11 is 0. The zero-order valence-corrected chi connectivity index (χ0v) is 13.5. The minimum Gasteiger partial charge on any atom is -0.495 e. The number of fused-ring (bicyclic) bond motifs is 3. The summed E-state index contributed by atoms with van der Waals surface area (Å²) in [4.78, 5) is 29.1. The molecule has 2 N–H and O–H groups in total. The lowest BCUT2D eigenvalue weighted by Crippen LogP contribution is -2.23. The predicted octanol–water partition coefficient (Wildman–Crippen LogP) is 2.57. The van der Waals surface area contributed by atoms with Crippen LogP contribution >= 0.6 is 0 Å². The normalized spacial score (nSPS) is 15.7. The van der Waals surface area contributed by atoms with Gasteiger partial charge in [-0.3, -0.25) is 19.5 Å². The molecule has 0 radical (unpaired) electrons. The van der Waals surface area contributed by atoms with E-state index < -0.39 is 6.04 Å². The average molecular weight is 336 g/mol. The number of carbonyl (C=O) groups is 2. The summed E-state index contributed by atoms with van der Waals surface area (Å²) in [5.41, 5.74) is 2.18. The Hall–Kier alpha value is -3.35. The van der Waals surface area contributed by atoms with Crippen LogP contribution in [-0.2, 0) is 9.59 Å². The number of anilines is 2. The first kappa shape index (κ1) is 15.2. The molecule has 1 aliphatic heterocycles. The minimum atomic E-state index is -0.628. The van der Waals surface area contributed by atoms with Crippen LogP contribution in [0.25, 0.3) is 11.0 Å². The third kappa shape index (κ3) is 2.59. The van der Waals surface area contributed by atoms with E-state index in [1.807, 2.05) is 36.4 Å². The van der Waals surface area contributed by atoms with E-state index >= 15 is 0 Å². The van der Waals surface area contributed by atoms with Crippen molar-refractivity contribution in [1.82, 2.24) is 9.55 Å². The number of nitrogens with one attached hydrogen (secondary N) is 2. The highest BCUT2D eigenvalue weighted by Crippen LogP contribution is 2.32. The molecular weight excluding hydrogens is 320 g/mol. The van der Waals surface area contributed by atoms with E-state index in [9.17, 15) is 9.59 Å². The number of aromatic nitrogens is 2. The lowest BCUT2D eigenvalue weighted by atomic mass is 10.1. The third-order valence-electron chi connectivity index (χ3n) is 4.20. The molecule has 1 aromatic heterocycles. The van der Waals surface area contributed by atoms with Crippen LogP contribution in [0.5, 0.6) is 5.75 Å². The van der Waals surface area contributed by atoms with Gasteiger partial charge in [0.15, 0.2) is 0 Å². The van der Waals surface area contributed by atoms with Gasteiger partial charge in [-0.15, -0.1) is 0 Å². The fourth-order valence-corrected chi connectivity index (χ4v) is 3.07. The predicted molar refractivity (Wildman–Crippen MR) is 93.6 cm³/mol. The molecule has 3 aromatic rings. The number of carbonyl (C=O) groups excluding carboxylic acids is 2. The first-order valence-corrected chi connectivity index (χ1v) is 7.88. The molecule has 4 rings (SSSR count). The van der Waals surface area contributed by atoms with Crippen LogP contribution in [0.1, 0.15) is 12.5 Å². The molecule has 0 aliphatic carbocycles. The highest BCUT2D eigenvalue weighted by Gasteiger charge is 2.34. The van der Waals surface area contributed by atoms with Gasteiger partial charge in [0.2, 0.25) is 17.8 Å². The second-order valence-corrected chi connectivity index (χ2v) is 5.75. The van der Waals surface area contributed by atoms with E-state index in [1.54, 1.807) is 23.8 Å². The minimum absolute atomic E-state index is 0.0111. The molecule has 0 fully saturated rings. The Morgan fingerprint density at radius 1 is 1.24 bits per heavy atom. The molecule has 7 nitrogen and oxygen atoms in total. The standard InChI is InChI=1S/C18H16N4O3/c1-25-15-9-5-3-7-12(15)19-16(23)10-14-17(24)21-18-20-11-6-2-4-8-13(11)22(14)18/h2-9,14H,10H2,1H3,(H,19,23)(H,20,21,24)/t14-/m0/s1. The van der Waals surface area contributed by atoms with E-state index in [-0.39, 0.29) is 18.2 Å². The summed E-state index contributed by atoms with van der Waals surface area (Å²) < 4.78 is 7.01. The van der Waals surface area contributed by atoms with Crippen LogP contribution in [0.2, 0.25) is 0 Å². The van der Waals surface area contributed by atoms with Crippen LogP contribution in [0.4, 0.5) is 11.6 Å². The zero-order chi connectivity index (χ0) is 17.4. The maximum Gasteiger partial charge on any atom is 0.250 e. The van der Waals surface area contributed by atoms with Crippen LogP contribution in [0.3, 0.4) is 0 Å². The van der Waals surface area contributed by atoms with Crippen molar-refractivity contribution in [2.45, 2.75) is 12.5 Å². The van der Waals surface area contributed by atoms with Gasteiger partial charge in [-0.2, -0.15) is 0 Å². The maximum atomic E-state index is 12.5. The number of hydrogen-bond acceptors (Lipinski definition) is 4. The molecule has 0 bridgehead atoms. The number of ether oxygens (including phenoxy) is 1. The molecule has 1 atom stereocenters. The third-order valence-corrected chi connectivity index (χ3v) is 4.20. The highest BCUT2D eigenvalue weighted by atomic mass is 16.5. The Balaban J connectivity index is 1.59. The number of rotatable bonds is 4. The number of nitrogens with zero attached hydrogens (tertiary/aromatic N) is 2. The monoisotopic (exact) mass is 336 g/mol. The summed E-state index contributed by atoms with van der Waals surface area (Å²) in [6.07, 6.45) is 0.0111. The van der Waals surface area contributed by atoms with Gasteiger partial charge in [0.25, 0.3) is 0 Å². The molecule has 2 heterocycles. The Kier molecular flexibility index (Phi) is 3.61. The van der Waals surface area contributed by atoms with Crippen molar-refractivity contribution in [3.8, 4) is 5.75 Å². The number of methoxy groups -OCH3 is 1. The molecular formula is C18H16N4O3. The second-order valence-electron chi connectivity index (χ2n) is 5.75. The largest absolute Gasteiger partial charge is 0.495 e. The van der Waals surface area contributed by atoms with Gasteiger partial charge in [-0.1, -0.05) is 24.3 Å². The van der Waals surface area contributed by atoms with E-state index in [4.69, 9.17) is 4.74 Å². The van der Waals surface area contributed by atoms with E-state index in [1.165, 1.54) is 0 Å². The number of para-hydroxylation sites is 4. The zero-order valence-electron chi connectivity index (χ0n) is 13.5.